The molecule has 0 atom stereocenters. The highest BCUT2D eigenvalue weighted by atomic mass is 16.5. The third-order valence-corrected chi connectivity index (χ3v) is 4.52. The van der Waals surface area contributed by atoms with Gasteiger partial charge in [0.2, 0.25) is 0 Å². The number of rotatable bonds is 5. The van der Waals surface area contributed by atoms with E-state index in [1.807, 2.05) is 0 Å². The molecule has 0 fully saturated rings. The number of ether oxygens (including phenoxy) is 1. The van der Waals surface area contributed by atoms with Gasteiger partial charge < -0.3 is 15.4 Å². The lowest BCUT2D eigenvalue weighted by molar-refractivity contribution is 0.0592. The predicted octanol–water partition coefficient (Wildman–Crippen LogP) is 2.80. The molecular weight excluding hydrogens is 374 g/mol. The maximum absolute atomic E-state index is 12.4. The minimum atomic E-state index is -0.459. The molecule has 2 N–H and O–H groups in total. The Bertz CT molecular complexity index is 982. The first-order valence-electron chi connectivity index (χ1n) is 9.06. The van der Waals surface area contributed by atoms with E-state index in [1.54, 1.807) is 50.2 Å². The topological polar surface area (TPSA) is 105 Å². The highest BCUT2D eigenvalue weighted by Gasteiger charge is 2.37. The Morgan fingerprint density at radius 3 is 2.28 bits per heavy atom. The minimum Gasteiger partial charge on any atom is -0.465 e. The number of amides is 4. The van der Waals surface area contributed by atoms with E-state index in [9.17, 15) is 19.2 Å². The van der Waals surface area contributed by atoms with Gasteiger partial charge in [-0.25, -0.2) is 9.59 Å². The largest absolute Gasteiger partial charge is 0.465 e. The molecule has 0 saturated carbocycles. The number of fused-ring (bicyclic) bond motifs is 1. The number of hydrogen-bond acceptors (Lipinski definition) is 5. The maximum atomic E-state index is 12.4. The molecule has 0 spiro atoms. The van der Waals surface area contributed by atoms with Gasteiger partial charge in [0.15, 0.2) is 0 Å². The Morgan fingerprint density at radius 1 is 1.00 bits per heavy atom. The van der Waals surface area contributed by atoms with Crippen molar-refractivity contribution < 1.29 is 23.9 Å². The van der Waals surface area contributed by atoms with Crippen molar-refractivity contribution in [1.82, 2.24) is 10.2 Å². The summed E-state index contributed by atoms with van der Waals surface area (Å²) in [6.07, 6.45) is 0. The van der Waals surface area contributed by atoms with Crippen LogP contribution in [0.5, 0.6) is 0 Å². The van der Waals surface area contributed by atoms with E-state index in [1.165, 1.54) is 18.1 Å². The van der Waals surface area contributed by atoms with Crippen LogP contribution < -0.4 is 10.6 Å². The van der Waals surface area contributed by atoms with Gasteiger partial charge in [0, 0.05) is 18.3 Å². The summed E-state index contributed by atoms with van der Waals surface area (Å²) < 4.78 is 4.64. The van der Waals surface area contributed by atoms with Crippen LogP contribution in [0, 0.1) is 0 Å². The van der Waals surface area contributed by atoms with Crippen LogP contribution in [-0.4, -0.2) is 41.9 Å². The van der Waals surface area contributed by atoms with Gasteiger partial charge in [0.25, 0.3) is 11.8 Å². The van der Waals surface area contributed by atoms with Gasteiger partial charge in [-0.2, -0.15) is 0 Å². The van der Waals surface area contributed by atoms with Gasteiger partial charge in [0.05, 0.1) is 23.8 Å². The number of imide groups is 1. The van der Waals surface area contributed by atoms with Crippen molar-refractivity contribution in [3.63, 3.8) is 0 Å². The van der Waals surface area contributed by atoms with Crippen LogP contribution in [0.15, 0.2) is 42.5 Å². The fourth-order valence-corrected chi connectivity index (χ4v) is 3.04. The predicted molar refractivity (Wildman–Crippen MR) is 106 cm³/mol. The van der Waals surface area contributed by atoms with Gasteiger partial charge in [-0.15, -0.1) is 0 Å². The first-order valence-corrected chi connectivity index (χ1v) is 9.06. The fraction of sp³-hybridized carbons (Fsp3) is 0.238. The summed E-state index contributed by atoms with van der Waals surface area (Å²) in [5.41, 5.74) is 2.25. The molecule has 4 amide bonds. The number of carbonyl (C=O) groups excluding carboxylic acids is 4. The summed E-state index contributed by atoms with van der Waals surface area (Å²) in [4.78, 5) is 49.5. The third-order valence-electron chi connectivity index (χ3n) is 4.52. The highest BCUT2D eigenvalue weighted by Crippen LogP contribution is 2.27. The molecule has 0 aromatic heterocycles. The maximum Gasteiger partial charge on any atom is 0.337 e. The first kappa shape index (κ1) is 20.1. The lowest BCUT2D eigenvalue weighted by Gasteiger charge is -2.17. The van der Waals surface area contributed by atoms with Crippen LogP contribution in [0.25, 0.3) is 0 Å². The molecule has 0 bridgehead atoms. The monoisotopic (exact) mass is 395 g/mol. The van der Waals surface area contributed by atoms with Crippen molar-refractivity contribution in [2.45, 2.75) is 26.4 Å². The van der Waals surface area contributed by atoms with Crippen molar-refractivity contribution in [3.05, 3.63) is 64.7 Å². The summed E-state index contributed by atoms with van der Waals surface area (Å²) in [5.74, 6) is -1.12. The molecule has 2 aromatic rings. The van der Waals surface area contributed by atoms with Crippen LogP contribution in [0.4, 0.5) is 10.5 Å². The molecule has 8 nitrogen and oxygen atoms in total. The highest BCUT2D eigenvalue weighted by molar-refractivity contribution is 6.22. The van der Waals surface area contributed by atoms with Crippen molar-refractivity contribution in [3.8, 4) is 0 Å². The van der Waals surface area contributed by atoms with Gasteiger partial charge >= 0.3 is 12.0 Å². The van der Waals surface area contributed by atoms with Gasteiger partial charge in [-0.1, -0.05) is 12.1 Å². The van der Waals surface area contributed by atoms with E-state index in [2.05, 4.69) is 15.4 Å². The zero-order valence-electron chi connectivity index (χ0n) is 16.3. The second kappa shape index (κ2) is 8.14. The molecule has 150 valence electrons. The Morgan fingerprint density at radius 2 is 1.66 bits per heavy atom. The average molecular weight is 395 g/mol. The number of hydrogen-bond donors (Lipinski definition) is 2. The van der Waals surface area contributed by atoms with Crippen LogP contribution in [-0.2, 0) is 11.3 Å². The van der Waals surface area contributed by atoms with E-state index >= 15 is 0 Å². The molecular formula is C21H21N3O5. The van der Waals surface area contributed by atoms with E-state index in [4.69, 9.17) is 0 Å². The van der Waals surface area contributed by atoms with Crippen molar-refractivity contribution in [1.29, 1.82) is 0 Å². The number of benzene rings is 2. The Hall–Kier alpha value is -3.68. The Kier molecular flexibility index (Phi) is 5.63. The number of urea groups is 1. The number of methoxy groups -OCH3 is 1. The quantitative estimate of drug-likeness (QED) is 0.598. The molecule has 29 heavy (non-hydrogen) atoms. The molecule has 1 heterocycles. The molecule has 0 radical (unpaired) electrons. The van der Waals surface area contributed by atoms with Gasteiger partial charge in [-0.05, 0) is 49.7 Å². The molecule has 8 heteroatoms. The number of esters is 1. The summed E-state index contributed by atoms with van der Waals surface area (Å²) in [5, 5.41) is 5.35. The van der Waals surface area contributed by atoms with E-state index in [0.717, 1.165) is 5.56 Å². The fourth-order valence-electron chi connectivity index (χ4n) is 3.04. The number of nitrogens with zero attached hydrogens (tertiary/aromatic N) is 1. The van der Waals surface area contributed by atoms with Crippen LogP contribution in [0.1, 0.15) is 50.5 Å². The molecule has 0 saturated heterocycles. The van der Waals surface area contributed by atoms with E-state index in [-0.39, 0.29) is 30.0 Å². The number of nitrogens with one attached hydrogen (secondary N) is 2. The minimum absolute atomic E-state index is 0.243. The van der Waals surface area contributed by atoms with E-state index < -0.39 is 12.0 Å². The van der Waals surface area contributed by atoms with Crippen molar-refractivity contribution in [2.24, 2.45) is 0 Å². The second-order valence-electron chi connectivity index (χ2n) is 6.83. The SMILES string of the molecule is COC(=O)c1ccc(CNC(=O)Nc2ccc3c(c2)C(=O)N(C(C)C)C3=O)cc1. The normalized spacial score (nSPS) is 12.8. The Balaban J connectivity index is 1.62. The number of carbonyl (C=O) groups is 4. The lowest BCUT2D eigenvalue weighted by atomic mass is 10.1. The number of anilines is 1. The van der Waals surface area contributed by atoms with Crippen LogP contribution in [0.2, 0.25) is 0 Å². The molecule has 1 aliphatic heterocycles. The van der Waals surface area contributed by atoms with E-state index in [0.29, 0.717) is 16.8 Å². The van der Waals surface area contributed by atoms with Crippen LogP contribution in [0.3, 0.4) is 0 Å². The smallest absolute Gasteiger partial charge is 0.337 e. The Labute approximate surface area is 167 Å². The summed E-state index contributed by atoms with van der Waals surface area (Å²) in [7, 11) is 1.31. The zero-order valence-corrected chi connectivity index (χ0v) is 16.3. The average Bonchev–Trinajstić information content (AvgIpc) is 2.96. The van der Waals surface area contributed by atoms with Crippen molar-refractivity contribution >= 4 is 29.5 Å². The molecule has 2 aromatic carbocycles. The zero-order chi connectivity index (χ0) is 21.1. The standard InChI is InChI=1S/C21H21N3O5/c1-12(2)24-18(25)16-9-8-15(10-17(16)19(24)26)23-21(28)22-11-13-4-6-14(7-5-13)20(27)29-3/h4-10,12H,11H2,1-3H3,(H2,22,23,28). The van der Waals surface area contributed by atoms with Crippen molar-refractivity contribution in [2.75, 3.05) is 12.4 Å². The molecule has 0 unspecified atom stereocenters. The summed E-state index contributed by atoms with van der Waals surface area (Å²) in [6, 6.07) is 10.6. The van der Waals surface area contributed by atoms with Gasteiger partial charge in [0.1, 0.15) is 0 Å². The molecule has 0 aliphatic carbocycles. The first-order chi connectivity index (χ1) is 13.8. The lowest BCUT2D eigenvalue weighted by Crippen LogP contribution is -2.35. The molecule has 3 rings (SSSR count). The van der Waals surface area contributed by atoms with Gasteiger partial charge in [-0.3, -0.25) is 14.5 Å². The molecule has 1 aliphatic rings. The third kappa shape index (κ3) is 4.11. The summed E-state index contributed by atoms with van der Waals surface area (Å²) >= 11 is 0. The van der Waals surface area contributed by atoms with Crippen LogP contribution >= 0.6 is 0 Å². The summed E-state index contributed by atoms with van der Waals surface area (Å²) in [6.45, 7) is 3.79. The second-order valence-corrected chi connectivity index (χ2v) is 6.83.